The summed E-state index contributed by atoms with van der Waals surface area (Å²) in [4.78, 5) is 0. The molecule has 1 atom stereocenters. The molecular formula is C10H10BrF3. The number of rotatable bonds is 3. The molecule has 0 N–H and O–H groups in total. The second-order valence-corrected chi connectivity index (χ2v) is 3.73. The molecule has 1 aromatic carbocycles. The maximum Gasteiger partial charge on any atom is 0.392 e. The molecule has 0 radical (unpaired) electrons. The van der Waals surface area contributed by atoms with Crippen LogP contribution < -0.4 is 0 Å². The molecule has 1 unspecified atom stereocenters. The van der Waals surface area contributed by atoms with Crippen molar-refractivity contribution in [2.24, 2.45) is 5.92 Å². The average molecular weight is 267 g/mol. The fourth-order valence-electron chi connectivity index (χ4n) is 1.16. The van der Waals surface area contributed by atoms with Gasteiger partial charge in [0.2, 0.25) is 0 Å². The van der Waals surface area contributed by atoms with Crippen LogP contribution in [0.25, 0.3) is 0 Å². The highest BCUT2D eigenvalue weighted by atomic mass is 79.9. The fraction of sp³-hybridized carbons (Fsp3) is 0.400. The van der Waals surface area contributed by atoms with Gasteiger partial charge in [-0.25, -0.2) is 0 Å². The van der Waals surface area contributed by atoms with E-state index in [4.69, 9.17) is 0 Å². The minimum Gasteiger partial charge on any atom is -0.171 e. The molecule has 0 heterocycles. The Morgan fingerprint density at radius 2 is 1.71 bits per heavy atom. The van der Waals surface area contributed by atoms with Crippen molar-refractivity contribution >= 4 is 15.9 Å². The van der Waals surface area contributed by atoms with Crippen molar-refractivity contribution in [2.75, 3.05) is 5.33 Å². The summed E-state index contributed by atoms with van der Waals surface area (Å²) in [5, 5.41) is -0.0502. The Kier molecular flexibility index (Phi) is 3.98. The molecule has 0 aliphatic rings. The molecule has 0 saturated carbocycles. The highest BCUT2D eigenvalue weighted by molar-refractivity contribution is 9.09. The second-order valence-electron chi connectivity index (χ2n) is 3.08. The van der Waals surface area contributed by atoms with E-state index >= 15 is 0 Å². The van der Waals surface area contributed by atoms with Crippen molar-refractivity contribution in [3.63, 3.8) is 0 Å². The molecule has 14 heavy (non-hydrogen) atoms. The summed E-state index contributed by atoms with van der Waals surface area (Å²) in [6.07, 6.45) is -4.09. The van der Waals surface area contributed by atoms with E-state index in [0.29, 0.717) is 5.56 Å². The molecule has 1 aromatic rings. The Balaban J connectivity index is 2.67. The Morgan fingerprint density at radius 1 is 1.14 bits per heavy atom. The predicted octanol–water partition coefficient (Wildman–Crippen LogP) is 3.80. The molecule has 0 spiro atoms. The third-order valence-electron chi connectivity index (χ3n) is 1.97. The van der Waals surface area contributed by atoms with Crippen LogP contribution in [0.4, 0.5) is 13.2 Å². The molecule has 0 amide bonds. The van der Waals surface area contributed by atoms with E-state index in [-0.39, 0.29) is 11.8 Å². The largest absolute Gasteiger partial charge is 0.392 e. The van der Waals surface area contributed by atoms with Gasteiger partial charge in [0, 0.05) is 5.33 Å². The summed E-state index contributed by atoms with van der Waals surface area (Å²) < 4.78 is 37.1. The van der Waals surface area contributed by atoms with Gasteiger partial charge in [-0.1, -0.05) is 46.3 Å². The van der Waals surface area contributed by atoms with Gasteiger partial charge in [-0.15, -0.1) is 0 Å². The lowest BCUT2D eigenvalue weighted by Crippen LogP contribution is -2.26. The third-order valence-corrected chi connectivity index (χ3v) is 2.76. The number of hydrogen-bond donors (Lipinski definition) is 0. The minimum atomic E-state index is -4.13. The Bertz CT molecular complexity index is 268. The molecule has 1 rings (SSSR count). The Labute approximate surface area is 89.3 Å². The van der Waals surface area contributed by atoms with Gasteiger partial charge < -0.3 is 0 Å². The Hall–Kier alpha value is -0.510. The first-order valence-electron chi connectivity index (χ1n) is 4.20. The summed E-state index contributed by atoms with van der Waals surface area (Å²) in [6.45, 7) is 0. The molecule has 0 fully saturated rings. The summed E-state index contributed by atoms with van der Waals surface area (Å²) >= 11 is 2.89. The van der Waals surface area contributed by atoms with Crippen molar-refractivity contribution in [3.05, 3.63) is 35.9 Å². The molecule has 0 bridgehead atoms. The monoisotopic (exact) mass is 266 g/mol. The average Bonchev–Trinajstić information content (AvgIpc) is 2.14. The normalized spacial score (nSPS) is 14.0. The van der Waals surface area contributed by atoms with E-state index in [2.05, 4.69) is 15.9 Å². The van der Waals surface area contributed by atoms with E-state index in [9.17, 15) is 13.2 Å². The predicted molar refractivity (Wildman–Crippen MR) is 53.5 cm³/mol. The molecule has 0 aliphatic heterocycles. The Morgan fingerprint density at radius 3 is 2.14 bits per heavy atom. The SMILES string of the molecule is FC(F)(F)C(CBr)Cc1ccccc1. The highest BCUT2D eigenvalue weighted by Crippen LogP contribution is 2.30. The van der Waals surface area contributed by atoms with Crippen LogP contribution >= 0.6 is 15.9 Å². The second kappa shape index (κ2) is 4.82. The topological polar surface area (TPSA) is 0 Å². The first-order valence-corrected chi connectivity index (χ1v) is 5.33. The molecule has 0 saturated heterocycles. The van der Waals surface area contributed by atoms with Crippen molar-refractivity contribution in [3.8, 4) is 0 Å². The number of alkyl halides is 4. The van der Waals surface area contributed by atoms with Gasteiger partial charge in [0.1, 0.15) is 0 Å². The van der Waals surface area contributed by atoms with E-state index in [1.807, 2.05) is 0 Å². The first kappa shape index (κ1) is 11.6. The standard InChI is InChI=1S/C10H10BrF3/c11-7-9(10(12,13)14)6-8-4-2-1-3-5-8/h1-5,9H,6-7H2. The van der Waals surface area contributed by atoms with Gasteiger partial charge in [0.25, 0.3) is 0 Å². The van der Waals surface area contributed by atoms with Gasteiger partial charge in [-0.2, -0.15) is 13.2 Å². The van der Waals surface area contributed by atoms with Crippen LogP contribution in [-0.2, 0) is 6.42 Å². The molecule has 78 valence electrons. The van der Waals surface area contributed by atoms with Crippen LogP contribution in [0.15, 0.2) is 30.3 Å². The van der Waals surface area contributed by atoms with Crippen molar-refractivity contribution in [2.45, 2.75) is 12.6 Å². The summed E-state index contributed by atoms with van der Waals surface area (Å²) in [7, 11) is 0. The maximum atomic E-state index is 12.4. The third kappa shape index (κ3) is 3.33. The number of benzene rings is 1. The first-order chi connectivity index (χ1) is 6.54. The zero-order valence-electron chi connectivity index (χ0n) is 7.39. The lowest BCUT2D eigenvalue weighted by atomic mass is 10.0. The highest BCUT2D eigenvalue weighted by Gasteiger charge is 2.38. The van der Waals surface area contributed by atoms with Crippen LogP contribution in [0.5, 0.6) is 0 Å². The number of halogens is 4. The van der Waals surface area contributed by atoms with E-state index < -0.39 is 12.1 Å². The number of hydrogen-bond acceptors (Lipinski definition) is 0. The van der Waals surface area contributed by atoms with Crippen LogP contribution in [0.2, 0.25) is 0 Å². The van der Waals surface area contributed by atoms with Crippen LogP contribution in [0, 0.1) is 5.92 Å². The van der Waals surface area contributed by atoms with Crippen LogP contribution in [0.1, 0.15) is 5.56 Å². The van der Waals surface area contributed by atoms with Crippen molar-refractivity contribution in [1.82, 2.24) is 0 Å². The van der Waals surface area contributed by atoms with Crippen molar-refractivity contribution in [1.29, 1.82) is 0 Å². The summed E-state index contributed by atoms with van der Waals surface area (Å²) in [6, 6.07) is 8.71. The quantitative estimate of drug-likeness (QED) is 0.730. The zero-order valence-corrected chi connectivity index (χ0v) is 8.98. The lowest BCUT2D eigenvalue weighted by molar-refractivity contribution is -0.167. The van der Waals surface area contributed by atoms with Crippen LogP contribution in [0.3, 0.4) is 0 Å². The van der Waals surface area contributed by atoms with Gasteiger partial charge in [0.15, 0.2) is 0 Å². The van der Waals surface area contributed by atoms with E-state index in [0.717, 1.165) is 0 Å². The smallest absolute Gasteiger partial charge is 0.171 e. The maximum absolute atomic E-state index is 12.4. The van der Waals surface area contributed by atoms with Gasteiger partial charge >= 0.3 is 6.18 Å². The van der Waals surface area contributed by atoms with Gasteiger partial charge in [-0.05, 0) is 12.0 Å². The van der Waals surface area contributed by atoms with Gasteiger partial charge in [0.05, 0.1) is 5.92 Å². The van der Waals surface area contributed by atoms with E-state index in [1.165, 1.54) is 0 Å². The summed E-state index contributed by atoms with van der Waals surface area (Å²) in [5.41, 5.74) is 0.717. The summed E-state index contributed by atoms with van der Waals surface area (Å²) in [5.74, 6) is -1.30. The van der Waals surface area contributed by atoms with Crippen LogP contribution in [-0.4, -0.2) is 11.5 Å². The molecule has 0 aliphatic carbocycles. The van der Waals surface area contributed by atoms with Gasteiger partial charge in [-0.3, -0.25) is 0 Å². The molecule has 0 aromatic heterocycles. The molecular weight excluding hydrogens is 257 g/mol. The van der Waals surface area contributed by atoms with Crippen molar-refractivity contribution < 1.29 is 13.2 Å². The zero-order chi connectivity index (χ0) is 10.6. The molecule has 0 nitrogen and oxygen atoms in total. The lowest BCUT2D eigenvalue weighted by Gasteiger charge is -2.17. The fourth-order valence-corrected chi connectivity index (χ4v) is 1.75. The minimum absolute atomic E-state index is 0.0373. The molecule has 4 heteroatoms. The van der Waals surface area contributed by atoms with E-state index in [1.54, 1.807) is 30.3 Å².